The lowest BCUT2D eigenvalue weighted by atomic mass is 9.70. The molecule has 1 heterocycles. The van der Waals surface area contributed by atoms with Gasteiger partial charge in [0.05, 0.1) is 5.41 Å². The molecule has 11 heavy (non-hydrogen) atoms. The molecule has 1 N–H and O–H groups in total. The lowest BCUT2D eigenvalue weighted by Crippen LogP contribution is -2.35. The zero-order valence-electron chi connectivity index (χ0n) is 7.40. The predicted molar refractivity (Wildman–Crippen MR) is 43.1 cm³/mol. The number of carbonyl (C=O) groups is 1. The molecule has 2 heteroatoms. The van der Waals surface area contributed by atoms with Crippen molar-refractivity contribution in [2.45, 2.75) is 39.7 Å². The average molecular weight is 153 g/mol. The van der Waals surface area contributed by atoms with Gasteiger partial charge in [-0.1, -0.05) is 20.8 Å². The van der Waals surface area contributed by atoms with Crippen LogP contribution in [-0.4, -0.2) is 11.9 Å². The first-order chi connectivity index (χ1) is 4.98. The fraction of sp³-hybridized carbons (Fsp3) is 0.889. The Morgan fingerprint density at radius 1 is 1.45 bits per heavy atom. The zero-order chi connectivity index (χ0) is 8.28. The molecule has 0 aromatic carbocycles. The first-order valence-electron chi connectivity index (χ1n) is 4.29. The zero-order valence-corrected chi connectivity index (χ0v) is 7.40. The molecule has 2 rings (SSSR count). The van der Waals surface area contributed by atoms with Gasteiger partial charge in [0.15, 0.2) is 0 Å². The van der Waals surface area contributed by atoms with Gasteiger partial charge in [0.1, 0.15) is 0 Å². The van der Waals surface area contributed by atoms with E-state index in [1.807, 2.05) is 0 Å². The highest BCUT2D eigenvalue weighted by Gasteiger charge is 2.61. The fourth-order valence-electron chi connectivity index (χ4n) is 2.48. The van der Waals surface area contributed by atoms with Crippen LogP contribution >= 0.6 is 0 Å². The lowest BCUT2D eigenvalue weighted by Gasteiger charge is -2.30. The molecular formula is C9H15NO. The standard InChI is InChI=1S/C9H15NO/c1-8(2)6-4-5-9(8,3)7(11)10-6/h6H,4-5H2,1-3H3,(H,10,11)/t6-,9-/m0/s1. The Balaban J connectivity index is 2.47. The van der Waals surface area contributed by atoms with E-state index in [9.17, 15) is 4.79 Å². The van der Waals surface area contributed by atoms with E-state index >= 15 is 0 Å². The molecule has 0 aromatic rings. The van der Waals surface area contributed by atoms with E-state index < -0.39 is 0 Å². The Morgan fingerprint density at radius 3 is 2.27 bits per heavy atom. The molecule has 0 unspecified atom stereocenters. The maximum Gasteiger partial charge on any atom is 0.226 e. The lowest BCUT2D eigenvalue weighted by molar-refractivity contribution is -0.130. The molecule has 2 nitrogen and oxygen atoms in total. The van der Waals surface area contributed by atoms with Crippen molar-refractivity contribution in [1.82, 2.24) is 5.32 Å². The van der Waals surface area contributed by atoms with E-state index in [1.165, 1.54) is 0 Å². The third-order valence-electron chi connectivity index (χ3n) is 4.03. The van der Waals surface area contributed by atoms with Gasteiger partial charge in [0.25, 0.3) is 0 Å². The molecule has 1 amide bonds. The highest BCUT2D eigenvalue weighted by atomic mass is 16.2. The Hall–Kier alpha value is -0.530. The molecule has 2 bridgehead atoms. The SMILES string of the molecule is CC1(C)[C@@H]2CC[C@@]1(C)C(=O)N2. The number of fused-ring (bicyclic) bond motifs is 2. The summed E-state index contributed by atoms with van der Waals surface area (Å²) in [4.78, 5) is 11.5. The van der Waals surface area contributed by atoms with Gasteiger partial charge in [0.2, 0.25) is 5.91 Å². The summed E-state index contributed by atoms with van der Waals surface area (Å²) in [6, 6.07) is 0.431. The number of nitrogens with one attached hydrogen (secondary N) is 1. The van der Waals surface area contributed by atoms with Crippen LogP contribution in [0.5, 0.6) is 0 Å². The van der Waals surface area contributed by atoms with Crippen molar-refractivity contribution >= 4 is 5.91 Å². The minimum atomic E-state index is -0.0856. The van der Waals surface area contributed by atoms with Crippen LogP contribution in [0.25, 0.3) is 0 Å². The maximum absolute atomic E-state index is 11.5. The van der Waals surface area contributed by atoms with Gasteiger partial charge >= 0.3 is 0 Å². The summed E-state index contributed by atoms with van der Waals surface area (Å²) in [7, 11) is 0. The predicted octanol–water partition coefficient (Wildman–Crippen LogP) is 1.31. The van der Waals surface area contributed by atoms with E-state index in [4.69, 9.17) is 0 Å². The molecular weight excluding hydrogens is 138 g/mol. The minimum absolute atomic E-state index is 0.0856. The van der Waals surface area contributed by atoms with Gasteiger partial charge < -0.3 is 5.32 Å². The highest BCUT2D eigenvalue weighted by molar-refractivity contribution is 5.87. The third kappa shape index (κ3) is 0.569. The summed E-state index contributed by atoms with van der Waals surface area (Å²) >= 11 is 0. The second-order valence-corrected chi connectivity index (χ2v) is 4.62. The largest absolute Gasteiger partial charge is 0.352 e. The first-order valence-corrected chi connectivity index (χ1v) is 4.29. The van der Waals surface area contributed by atoms with Crippen LogP contribution in [0.3, 0.4) is 0 Å². The fourth-order valence-corrected chi connectivity index (χ4v) is 2.48. The van der Waals surface area contributed by atoms with Crippen LogP contribution in [0, 0.1) is 10.8 Å². The molecule has 0 radical (unpaired) electrons. The number of hydrogen-bond acceptors (Lipinski definition) is 1. The van der Waals surface area contributed by atoms with Crippen molar-refractivity contribution in [1.29, 1.82) is 0 Å². The molecule has 62 valence electrons. The second kappa shape index (κ2) is 1.62. The first kappa shape index (κ1) is 7.14. The van der Waals surface area contributed by atoms with Crippen molar-refractivity contribution in [2.24, 2.45) is 10.8 Å². The van der Waals surface area contributed by atoms with E-state index in [0.717, 1.165) is 12.8 Å². The van der Waals surface area contributed by atoms with E-state index in [-0.39, 0.29) is 16.7 Å². The van der Waals surface area contributed by atoms with Crippen molar-refractivity contribution < 1.29 is 4.79 Å². The maximum atomic E-state index is 11.5. The average Bonchev–Trinajstić information content (AvgIpc) is 2.20. The highest BCUT2D eigenvalue weighted by Crippen LogP contribution is 2.56. The normalized spacial score (nSPS) is 46.1. The molecule has 0 spiro atoms. The Labute approximate surface area is 67.4 Å². The van der Waals surface area contributed by atoms with Gasteiger partial charge in [-0.3, -0.25) is 4.79 Å². The van der Waals surface area contributed by atoms with E-state index in [2.05, 4.69) is 26.1 Å². The second-order valence-electron chi connectivity index (χ2n) is 4.62. The van der Waals surface area contributed by atoms with Crippen LogP contribution in [0.2, 0.25) is 0 Å². The van der Waals surface area contributed by atoms with Crippen molar-refractivity contribution in [3.63, 3.8) is 0 Å². The van der Waals surface area contributed by atoms with Crippen LogP contribution in [0.15, 0.2) is 0 Å². The third-order valence-corrected chi connectivity index (χ3v) is 4.03. The molecule has 2 fully saturated rings. The number of piperidine rings is 1. The smallest absolute Gasteiger partial charge is 0.226 e. The number of hydrogen-bond donors (Lipinski definition) is 1. The Bertz CT molecular complexity index is 222. The summed E-state index contributed by atoms with van der Waals surface area (Å²) in [5.74, 6) is 0.263. The van der Waals surface area contributed by atoms with E-state index in [0.29, 0.717) is 6.04 Å². The van der Waals surface area contributed by atoms with Crippen LogP contribution in [0.1, 0.15) is 33.6 Å². The number of rotatable bonds is 0. The molecule has 2 atom stereocenters. The molecule has 1 saturated heterocycles. The number of amides is 1. The van der Waals surface area contributed by atoms with Crippen LogP contribution in [0.4, 0.5) is 0 Å². The summed E-state index contributed by atoms with van der Waals surface area (Å²) in [6.45, 7) is 6.49. The minimum Gasteiger partial charge on any atom is -0.352 e. The van der Waals surface area contributed by atoms with Crippen molar-refractivity contribution in [3.8, 4) is 0 Å². The van der Waals surface area contributed by atoms with Crippen molar-refractivity contribution in [3.05, 3.63) is 0 Å². The van der Waals surface area contributed by atoms with Gasteiger partial charge in [0, 0.05) is 6.04 Å². The summed E-state index contributed by atoms with van der Waals surface area (Å²) < 4.78 is 0. The van der Waals surface area contributed by atoms with Crippen LogP contribution < -0.4 is 5.32 Å². The molecule has 1 saturated carbocycles. The van der Waals surface area contributed by atoms with Gasteiger partial charge in [-0.25, -0.2) is 0 Å². The van der Waals surface area contributed by atoms with Gasteiger partial charge in [-0.2, -0.15) is 0 Å². The van der Waals surface area contributed by atoms with Gasteiger partial charge in [-0.05, 0) is 18.3 Å². The summed E-state index contributed by atoms with van der Waals surface area (Å²) in [6.07, 6.45) is 2.23. The quantitative estimate of drug-likeness (QED) is 0.558. The molecule has 0 aromatic heterocycles. The molecule has 1 aliphatic heterocycles. The Kier molecular flexibility index (Phi) is 1.05. The van der Waals surface area contributed by atoms with E-state index in [1.54, 1.807) is 0 Å². The van der Waals surface area contributed by atoms with Crippen LogP contribution in [-0.2, 0) is 4.79 Å². The summed E-state index contributed by atoms with van der Waals surface area (Å²) in [5, 5.41) is 3.05. The number of carbonyl (C=O) groups excluding carboxylic acids is 1. The summed E-state index contributed by atoms with van der Waals surface area (Å²) in [5.41, 5.74) is 0.0851. The molecule has 1 aliphatic carbocycles. The molecule has 2 aliphatic rings. The van der Waals surface area contributed by atoms with Crippen molar-refractivity contribution in [2.75, 3.05) is 0 Å². The van der Waals surface area contributed by atoms with Gasteiger partial charge in [-0.15, -0.1) is 0 Å². The Morgan fingerprint density at radius 2 is 2.09 bits per heavy atom. The monoisotopic (exact) mass is 153 g/mol. The topological polar surface area (TPSA) is 29.1 Å².